The maximum Gasteiger partial charge on any atom is 0.334 e. The Morgan fingerprint density at radius 3 is 2.48 bits per heavy atom. The van der Waals surface area contributed by atoms with Gasteiger partial charge in [-0.15, -0.1) is 0 Å². The van der Waals surface area contributed by atoms with Crippen LogP contribution >= 0.6 is 12.2 Å². The molecule has 0 radical (unpaired) electrons. The summed E-state index contributed by atoms with van der Waals surface area (Å²) in [5.41, 5.74) is -1.60. The fourth-order valence-electron chi connectivity index (χ4n) is 2.58. The maximum atomic E-state index is 12.6. The lowest BCUT2D eigenvalue weighted by molar-refractivity contribution is -0.152. The minimum absolute atomic E-state index is 0.149. The standard InChI is InChI=1S/C16H15N3O5S/c1-23-10-5-3-9(4-6-10)12(20)7-16(14(22)24-2)11(8-17)13(21)18-15(25)19-16/h3-6,11H,7H2,1-2H3,(H2,18,19,21,25). The van der Waals surface area contributed by atoms with Gasteiger partial charge in [-0.05, 0) is 36.5 Å². The molecule has 130 valence electrons. The molecular formula is C16H15N3O5S. The van der Waals surface area contributed by atoms with Crippen molar-refractivity contribution in [1.82, 2.24) is 10.6 Å². The van der Waals surface area contributed by atoms with Crippen molar-refractivity contribution in [2.45, 2.75) is 12.0 Å². The van der Waals surface area contributed by atoms with E-state index in [9.17, 15) is 19.6 Å². The number of esters is 1. The Kier molecular flexibility index (Phi) is 5.34. The predicted octanol–water partition coefficient (Wildman–Crippen LogP) is 0.324. The summed E-state index contributed by atoms with van der Waals surface area (Å²) in [6.45, 7) is 0. The van der Waals surface area contributed by atoms with Crippen molar-refractivity contribution >= 4 is 35.0 Å². The zero-order valence-corrected chi connectivity index (χ0v) is 14.3. The van der Waals surface area contributed by atoms with Gasteiger partial charge >= 0.3 is 5.97 Å². The van der Waals surface area contributed by atoms with Crippen LogP contribution in [0.1, 0.15) is 16.8 Å². The topological polar surface area (TPSA) is 118 Å². The molecule has 0 spiro atoms. The molecule has 1 aliphatic rings. The number of Topliss-reactive ketones (excluding diaryl/α,β-unsaturated/α-hetero) is 1. The number of rotatable bonds is 5. The number of nitrogens with one attached hydrogen (secondary N) is 2. The molecule has 1 fully saturated rings. The molecule has 2 N–H and O–H groups in total. The van der Waals surface area contributed by atoms with E-state index in [1.807, 2.05) is 0 Å². The number of hydrogen-bond donors (Lipinski definition) is 2. The molecule has 0 aliphatic carbocycles. The molecule has 0 bridgehead atoms. The fourth-order valence-corrected chi connectivity index (χ4v) is 2.87. The number of ketones is 1. The molecule has 9 heteroatoms. The van der Waals surface area contributed by atoms with Crippen molar-refractivity contribution in [3.05, 3.63) is 29.8 Å². The Labute approximate surface area is 149 Å². The van der Waals surface area contributed by atoms with Gasteiger partial charge in [-0.25, -0.2) is 4.79 Å². The highest BCUT2D eigenvalue weighted by molar-refractivity contribution is 7.80. The van der Waals surface area contributed by atoms with Crippen LogP contribution in [0.5, 0.6) is 5.75 Å². The molecule has 25 heavy (non-hydrogen) atoms. The van der Waals surface area contributed by atoms with Gasteiger partial charge in [0.15, 0.2) is 22.4 Å². The third-order valence-electron chi connectivity index (χ3n) is 3.86. The smallest absolute Gasteiger partial charge is 0.334 e. The largest absolute Gasteiger partial charge is 0.497 e. The molecule has 2 rings (SSSR count). The van der Waals surface area contributed by atoms with Crippen LogP contribution in [-0.2, 0) is 14.3 Å². The third kappa shape index (κ3) is 3.44. The molecule has 2 atom stereocenters. The van der Waals surface area contributed by atoms with E-state index in [0.29, 0.717) is 11.3 Å². The highest BCUT2D eigenvalue weighted by Crippen LogP contribution is 2.28. The minimum Gasteiger partial charge on any atom is -0.497 e. The van der Waals surface area contributed by atoms with E-state index < -0.39 is 35.5 Å². The number of carbonyl (C=O) groups excluding carboxylic acids is 3. The van der Waals surface area contributed by atoms with Crippen LogP contribution in [0, 0.1) is 17.2 Å². The van der Waals surface area contributed by atoms with Crippen LogP contribution in [0.3, 0.4) is 0 Å². The minimum atomic E-state index is -1.89. The summed E-state index contributed by atoms with van der Waals surface area (Å²) in [6, 6.07) is 7.97. The van der Waals surface area contributed by atoms with E-state index in [4.69, 9.17) is 21.7 Å². The molecular weight excluding hydrogens is 346 g/mol. The van der Waals surface area contributed by atoms with Gasteiger partial charge in [0.2, 0.25) is 5.91 Å². The first-order chi connectivity index (χ1) is 11.9. The maximum absolute atomic E-state index is 12.6. The second-order valence-corrected chi connectivity index (χ2v) is 5.71. The van der Waals surface area contributed by atoms with Gasteiger partial charge in [0, 0.05) is 12.0 Å². The normalized spacial score (nSPS) is 22.2. The lowest BCUT2D eigenvalue weighted by Gasteiger charge is -2.38. The molecule has 1 amide bonds. The molecule has 0 saturated carbocycles. The van der Waals surface area contributed by atoms with Crippen molar-refractivity contribution in [2.75, 3.05) is 14.2 Å². The number of ether oxygens (including phenoxy) is 2. The van der Waals surface area contributed by atoms with Gasteiger partial charge in [-0.2, -0.15) is 5.26 Å². The average Bonchev–Trinajstić information content (AvgIpc) is 2.60. The Balaban J connectivity index is 2.41. The Hall–Kier alpha value is -2.99. The molecule has 8 nitrogen and oxygen atoms in total. The predicted molar refractivity (Wildman–Crippen MR) is 89.7 cm³/mol. The van der Waals surface area contributed by atoms with Crippen LogP contribution in [0.15, 0.2) is 24.3 Å². The molecule has 1 heterocycles. The summed E-state index contributed by atoms with van der Waals surface area (Å²) in [5.74, 6) is -3.06. The number of carbonyl (C=O) groups is 3. The highest BCUT2D eigenvalue weighted by Gasteiger charge is 2.55. The van der Waals surface area contributed by atoms with Crippen LogP contribution in [0.2, 0.25) is 0 Å². The second-order valence-electron chi connectivity index (χ2n) is 5.30. The quantitative estimate of drug-likeness (QED) is 0.437. The zero-order chi connectivity index (χ0) is 18.6. The van der Waals surface area contributed by atoms with Crippen molar-refractivity contribution in [1.29, 1.82) is 5.26 Å². The van der Waals surface area contributed by atoms with Crippen molar-refractivity contribution in [2.24, 2.45) is 5.92 Å². The van der Waals surface area contributed by atoms with Crippen LogP contribution in [-0.4, -0.2) is 42.5 Å². The number of thiocarbonyl (C=S) groups is 1. The fraction of sp³-hybridized carbons (Fsp3) is 0.312. The number of benzene rings is 1. The van der Waals surface area contributed by atoms with Crippen molar-refractivity contribution in [3.63, 3.8) is 0 Å². The number of hydrogen-bond acceptors (Lipinski definition) is 7. The van der Waals surface area contributed by atoms with Gasteiger partial charge in [0.05, 0.1) is 20.3 Å². The summed E-state index contributed by atoms with van der Waals surface area (Å²) in [7, 11) is 2.60. The first-order valence-corrected chi connectivity index (χ1v) is 7.57. The lowest BCUT2D eigenvalue weighted by atomic mass is 9.77. The van der Waals surface area contributed by atoms with Crippen LogP contribution in [0.25, 0.3) is 0 Å². The Morgan fingerprint density at radius 2 is 1.96 bits per heavy atom. The molecule has 1 aliphatic heterocycles. The SMILES string of the molecule is COC(=O)C1(CC(=O)c2ccc(OC)cc2)NC(=S)NC(=O)C1C#N. The van der Waals surface area contributed by atoms with Crippen LogP contribution < -0.4 is 15.4 Å². The van der Waals surface area contributed by atoms with E-state index in [1.165, 1.54) is 19.2 Å². The summed E-state index contributed by atoms with van der Waals surface area (Å²) in [5, 5.41) is 14.1. The number of methoxy groups -OCH3 is 2. The molecule has 1 saturated heterocycles. The Morgan fingerprint density at radius 1 is 1.32 bits per heavy atom. The summed E-state index contributed by atoms with van der Waals surface area (Å²) in [6.07, 6.45) is -0.474. The Bertz CT molecular complexity index is 771. The molecule has 1 aromatic rings. The van der Waals surface area contributed by atoms with E-state index in [0.717, 1.165) is 7.11 Å². The zero-order valence-electron chi connectivity index (χ0n) is 13.5. The molecule has 1 aromatic carbocycles. The summed E-state index contributed by atoms with van der Waals surface area (Å²) >= 11 is 4.91. The number of nitriles is 1. The summed E-state index contributed by atoms with van der Waals surface area (Å²) in [4.78, 5) is 37.1. The first kappa shape index (κ1) is 18.4. The lowest BCUT2D eigenvalue weighted by Crippen LogP contribution is -2.70. The average molecular weight is 361 g/mol. The first-order valence-electron chi connectivity index (χ1n) is 7.16. The van der Waals surface area contributed by atoms with Gasteiger partial charge in [0.25, 0.3) is 0 Å². The van der Waals surface area contributed by atoms with E-state index in [2.05, 4.69) is 10.6 Å². The summed E-state index contributed by atoms with van der Waals surface area (Å²) < 4.78 is 9.76. The van der Waals surface area contributed by atoms with Crippen molar-refractivity contribution in [3.8, 4) is 11.8 Å². The van der Waals surface area contributed by atoms with Crippen LogP contribution in [0.4, 0.5) is 0 Å². The van der Waals surface area contributed by atoms with E-state index in [-0.39, 0.29) is 5.11 Å². The van der Waals surface area contributed by atoms with Gasteiger partial charge < -0.3 is 20.1 Å². The van der Waals surface area contributed by atoms with Gasteiger partial charge in [-0.3, -0.25) is 9.59 Å². The van der Waals surface area contributed by atoms with E-state index >= 15 is 0 Å². The highest BCUT2D eigenvalue weighted by atomic mass is 32.1. The van der Waals surface area contributed by atoms with Crippen molar-refractivity contribution < 1.29 is 23.9 Å². The van der Waals surface area contributed by atoms with Gasteiger partial charge in [-0.1, -0.05) is 0 Å². The third-order valence-corrected chi connectivity index (χ3v) is 4.06. The molecule has 0 aromatic heterocycles. The van der Waals surface area contributed by atoms with Gasteiger partial charge in [0.1, 0.15) is 5.75 Å². The van der Waals surface area contributed by atoms with E-state index in [1.54, 1.807) is 18.2 Å². The monoisotopic (exact) mass is 361 g/mol. The number of nitrogens with zero attached hydrogens (tertiary/aromatic N) is 1. The second kappa shape index (κ2) is 7.27. The molecule has 2 unspecified atom stereocenters. The number of amides is 1.